The Morgan fingerprint density at radius 3 is 0.560 bits per heavy atom. The second-order valence-electron chi connectivity index (χ2n) is 22.4. The van der Waals surface area contributed by atoms with Crippen molar-refractivity contribution in [1.29, 1.82) is 0 Å². The second kappa shape index (κ2) is 28.6. The number of hydrogen-bond acceptors (Lipinski definition) is 40. The van der Waals surface area contributed by atoms with Gasteiger partial charge in [-0.25, -0.2) is 46.9 Å². The maximum Gasteiger partial charge on any atom is 0.224 e. The number of imidazole rings is 5. The number of rotatable bonds is 10. The molecule has 0 amide bonds. The van der Waals surface area contributed by atoms with Gasteiger partial charge >= 0.3 is 0 Å². The van der Waals surface area contributed by atoms with Gasteiger partial charge in [-0.1, -0.05) is 0 Å². The van der Waals surface area contributed by atoms with Crippen LogP contribution in [0, 0.1) is 0 Å². The number of alkyl halides is 5. The third-order valence-electron chi connectivity index (χ3n) is 16.1. The molecular formula is C50H65F5N30O15. The van der Waals surface area contributed by atoms with E-state index >= 15 is 0 Å². The summed E-state index contributed by atoms with van der Waals surface area (Å²) in [5.74, 6) is -0.0541. The molecule has 10 aromatic rings. The van der Waals surface area contributed by atoms with E-state index in [0.717, 1.165) is 0 Å². The van der Waals surface area contributed by atoms with Crippen molar-refractivity contribution in [1.82, 2.24) is 97.6 Å². The first-order valence-electron chi connectivity index (χ1n) is 29.3. The van der Waals surface area contributed by atoms with E-state index in [2.05, 4.69) is 74.8 Å². The van der Waals surface area contributed by atoms with E-state index in [4.69, 9.17) is 107 Å². The Kier molecular flexibility index (Phi) is 20.3. The molecule has 0 aliphatic carbocycles. The summed E-state index contributed by atoms with van der Waals surface area (Å²) >= 11 is 0. The van der Waals surface area contributed by atoms with Crippen molar-refractivity contribution in [2.24, 2.45) is 0 Å². The Morgan fingerprint density at radius 2 is 0.430 bits per heavy atom. The van der Waals surface area contributed by atoms with Gasteiger partial charge in [-0.2, -0.15) is 49.8 Å². The first-order chi connectivity index (χ1) is 47.6. The summed E-state index contributed by atoms with van der Waals surface area (Å²) in [5, 5.41) is 93.3. The van der Waals surface area contributed by atoms with E-state index in [1.54, 1.807) is 0 Å². The second-order valence-corrected chi connectivity index (χ2v) is 22.4. The summed E-state index contributed by atoms with van der Waals surface area (Å²) in [7, 11) is 0. The van der Waals surface area contributed by atoms with E-state index in [1.165, 1.54) is 54.5 Å². The predicted molar refractivity (Wildman–Crippen MR) is 330 cm³/mol. The molecule has 30 N–H and O–H groups in total. The third-order valence-corrected chi connectivity index (χ3v) is 16.1. The van der Waals surface area contributed by atoms with Crippen LogP contribution in [0.2, 0.25) is 0 Å². The number of ether oxygens (including phenoxy) is 5. The zero-order valence-electron chi connectivity index (χ0n) is 51.1. The molecule has 100 heavy (non-hydrogen) atoms. The smallest absolute Gasteiger partial charge is 0.224 e. The van der Waals surface area contributed by atoms with Crippen molar-refractivity contribution in [3.63, 3.8) is 0 Å². The lowest BCUT2D eigenvalue weighted by molar-refractivity contribution is -0.0459. The molecule has 5 aliphatic rings. The van der Waals surface area contributed by atoms with Crippen molar-refractivity contribution in [3.8, 4) is 0 Å². The fourth-order valence-corrected chi connectivity index (χ4v) is 11.1. The highest BCUT2D eigenvalue weighted by atomic mass is 19.2. The van der Waals surface area contributed by atoms with Gasteiger partial charge in [0, 0.05) is 0 Å². The molecule has 15 heterocycles. The SMILES string of the molecule is Nc1nc(N)c2ncn([C@@H]3O[C@H](CO)[C@@H](O)[C@H]3F)c2n1.Nc1nc(N)c2ncn([C@@H]3O[C@H](CO)[C@@H](O)[C@H]3F)c2n1.Nc1nc(N)c2ncn([C@@H]3O[C@H](CO)[C@@H](O)[C@H]3F)c2n1.Nc1nc(N)c2ncn([C@@H]3O[C@H](CO)[C@@H](O)[C@H]3F)c2n1.Nc1nc(N)c2ncn([C@@H]3O[C@H](CO)[C@@H](O)[C@H]3F)c2n1. The lowest BCUT2D eigenvalue weighted by Gasteiger charge is -2.15. The standard InChI is InChI=1S/5C10H13FN6O3/c5*11-4-6(19)3(1-18)20-9(4)17-2-14-5-7(12)15-10(13)16-8(5)17/h5*2-4,6,9,18-19H,1H2,(H4,12,13,15,16)/t5*3-,4-,6-,9-/m11111/s1. The van der Waals surface area contributed by atoms with Gasteiger partial charge in [-0.15, -0.1) is 0 Å². The monoisotopic (exact) mass is 1420 g/mol. The zero-order valence-corrected chi connectivity index (χ0v) is 51.1. The molecular weight excluding hydrogens is 1360 g/mol. The summed E-state index contributed by atoms with van der Waals surface area (Å²) in [6.45, 7) is -2.48. The van der Waals surface area contributed by atoms with Crippen LogP contribution in [0.1, 0.15) is 31.1 Å². The lowest BCUT2D eigenvalue weighted by atomic mass is 10.1. The molecule has 0 aromatic carbocycles. The molecule has 540 valence electrons. The van der Waals surface area contributed by atoms with E-state index in [0.29, 0.717) is 0 Å². The number of anilines is 10. The Labute approximate surface area is 552 Å². The van der Waals surface area contributed by atoms with E-state index in [1.807, 2.05) is 0 Å². The fourth-order valence-electron chi connectivity index (χ4n) is 11.1. The minimum Gasteiger partial charge on any atom is -0.394 e. The molecule has 0 spiro atoms. The van der Waals surface area contributed by atoms with Gasteiger partial charge < -0.3 is 132 Å². The number of aromatic nitrogens is 20. The molecule has 0 saturated carbocycles. The molecule has 0 bridgehead atoms. The summed E-state index contributed by atoms with van der Waals surface area (Å²) in [4.78, 5) is 58.4. The van der Waals surface area contributed by atoms with Crippen LogP contribution in [0.15, 0.2) is 31.6 Å². The Bertz CT molecular complexity index is 3900. The minimum absolute atomic E-state index is 0.0684. The average molecular weight is 1420 g/mol. The average Bonchev–Trinajstić information content (AvgIpc) is 1.64. The minimum atomic E-state index is -1.73. The molecule has 10 aromatic heterocycles. The number of halogens is 5. The first kappa shape index (κ1) is 71.1. The predicted octanol–water partition coefficient (Wildman–Crippen LogP) is -7.10. The maximum atomic E-state index is 14.1. The van der Waals surface area contributed by atoms with Crippen LogP contribution < -0.4 is 57.3 Å². The summed E-state index contributed by atoms with van der Waals surface area (Å²) in [6, 6.07) is 0. The summed E-state index contributed by atoms with van der Waals surface area (Å²) in [5.41, 5.74) is 58.1. The molecule has 45 nitrogen and oxygen atoms in total. The van der Waals surface area contributed by atoms with E-state index in [-0.39, 0.29) is 115 Å². The molecule has 15 rings (SSSR count). The van der Waals surface area contributed by atoms with Gasteiger partial charge in [-0.3, -0.25) is 22.8 Å². The summed E-state index contributed by atoms with van der Waals surface area (Å²) in [6.07, 6.45) is -20.3. The van der Waals surface area contributed by atoms with Crippen molar-refractivity contribution in [2.45, 2.75) is 123 Å². The molecule has 5 saturated heterocycles. The quantitative estimate of drug-likeness (QED) is 0.0566. The number of nitrogens with zero attached hydrogens (tertiary/aromatic N) is 20. The zero-order chi connectivity index (χ0) is 72.2. The topological polar surface area (TPSA) is 727 Å². The van der Waals surface area contributed by atoms with Gasteiger partial charge in [0.05, 0.1) is 64.7 Å². The molecule has 5 aliphatic heterocycles. The first-order valence-corrected chi connectivity index (χ1v) is 29.3. The van der Waals surface area contributed by atoms with Crippen LogP contribution in [0.25, 0.3) is 55.8 Å². The van der Waals surface area contributed by atoms with Crippen LogP contribution in [-0.2, 0) is 23.7 Å². The van der Waals surface area contributed by atoms with Crippen molar-refractivity contribution in [3.05, 3.63) is 31.6 Å². The maximum absolute atomic E-state index is 14.1. The molecule has 0 radical (unpaired) electrons. The normalized spacial score (nSPS) is 30.1. The number of aliphatic hydroxyl groups is 10. The third kappa shape index (κ3) is 13.1. The fraction of sp³-hybridized carbons (Fsp3) is 0.500. The summed E-state index contributed by atoms with van der Waals surface area (Å²) < 4.78 is 103. The van der Waals surface area contributed by atoms with Crippen LogP contribution in [0.4, 0.5) is 80.8 Å². The molecule has 20 atom stereocenters. The highest BCUT2D eigenvalue weighted by molar-refractivity contribution is 5.86. The van der Waals surface area contributed by atoms with E-state index < -0.39 is 156 Å². The molecule has 0 unspecified atom stereocenters. The van der Waals surface area contributed by atoms with Crippen molar-refractivity contribution < 1.29 is 96.7 Å². The Balaban J connectivity index is 0.000000126. The highest BCUT2D eigenvalue weighted by Gasteiger charge is 2.50. The van der Waals surface area contributed by atoms with E-state index in [9.17, 15) is 47.5 Å². The van der Waals surface area contributed by atoms with Crippen molar-refractivity contribution in [2.75, 3.05) is 90.4 Å². The van der Waals surface area contributed by atoms with Crippen LogP contribution in [0.5, 0.6) is 0 Å². The Morgan fingerprint density at radius 1 is 0.280 bits per heavy atom. The van der Waals surface area contributed by atoms with Gasteiger partial charge in [0.2, 0.25) is 29.7 Å². The van der Waals surface area contributed by atoms with Gasteiger partial charge in [0.25, 0.3) is 0 Å². The highest BCUT2D eigenvalue weighted by Crippen LogP contribution is 2.39. The van der Waals surface area contributed by atoms with Gasteiger partial charge in [0.15, 0.2) is 119 Å². The molecule has 5 fully saturated rings. The van der Waals surface area contributed by atoms with Crippen molar-refractivity contribution >= 4 is 115 Å². The van der Waals surface area contributed by atoms with Gasteiger partial charge in [-0.05, 0) is 0 Å². The number of hydrogen-bond donors (Lipinski definition) is 20. The van der Waals surface area contributed by atoms with Crippen LogP contribution in [0.3, 0.4) is 0 Å². The number of nitrogen functional groups attached to an aromatic ring is 10. The lowest BCUT2D eigenvalue weighted by Crippen LogP contribution is -2.30. The van der Waals surface area contributed by atoms with Gasteiger partial charge in [0.1, 0.15) is 88.6 Å². The Hall–Kier alpha value is -10.2. The molecule has 50 heteroatoms. The number of fused-ring (bicyclic) bond motifs is 5. The number of aliphatic hydroxyl groups excluding tert-OH is 10. The van der Waals surface area contributed by atoms with Crippen LogP contribution >= 0.6 is 0 Å². The van der Waals surface area contributed by atoms with Crippen LogP contribution in [-0.4, -0.2) is 274 Å². The number of nitrogens with two attached hydrogens (primary N) is 10. The largest absolute Gasteiger partial charge is 0.394 e.